The lowest BCUT2D eigenvalue weighted by Gasteiger charge is -2.05. The molecule has 0 aliphatic heterocycles. The van der Waals surface area contributed by atoms with Crippen molar-refractivity contribution in [2.24, 2.45) is 0 Å². The van der Waals surface area contributed by atoms with Crippen molar-refractivity contribution in [1.82, 2.24) is 25.0 Å². The molecular weight excluding hydrogens is 398 g/mol. The second-order valence-corrected chi connectivity index (χ2v) is 6.25. The van der Waals surface area contributed by atoms with Gasteiger partial charge in [0, 0.05) is 16.9 Å². The van der Waals surface area contributed by atoms with E-state index in [0.29, 0.717) is 29.0 Å². The monoisotopic (exact) mass is 413 g/mol. The van der Waals surface area contributed by atoms with Gasteiger partial charge in [-0.3, -0.25) is 9.36 Å². The molecular formula is C15H17BrClN5O2. The molecule has 1 atom stereocenters. The van der Waals surface area contributed by atoms with Crippen LogP contribution in [0.2, 0.25) is 0 Å². The minimum absolute atomic E-state index is 0. The molecule has 7 nitrogen and oxygen atoms in total. The van der Waals surface area contributed by atoms with Gasteiger partial charge in [-0.05, 0) is 32.2 Å². The van der Waals surface area contributed by atoms with Crippen LogP contribution in [0.5, 0.6) is 0 Å². The number of fused-ring (bicyclic) bond motifs is 1. The maximum Gasteiger partial charge on any atom is 0.261 e. The average molecular weight is 415 g/mol. The third-order valence-corrected chi connectivity index (χ3v) is 4.08. The van der Waals surface area contributed by atoms with Crippen LogP contribution in [0.25, 0.3) is 10.9 Å². The highest BCUT2D eigenvalue weighted by molar-refractivity contribution is 9.10. The molecule has 3 rings (SSSR count). The van der Waals surface area contributed by atoms with Crippen molar-refractivity contribution in [3.05, 3.63) is 51.1 Å². The Morgan fingerprint density at radius 3 is 2.96 bits per heavy atom. The molecule has 0 aliphatic carbocycles. The van der Waals surface area contributed by atoms with Crippen LogP contribution in [0.4, 0.5) is 0 Å². The van der Waals surface area contributed by atoms with Crippen molar-refractivity contribution in [2.45, 2.75) is 25.9 Å². The molecule has 0 saturated carbocycles. The molecule has 0 amide bonds. The molecule has 1 aromatic carbocycles. The normalized spacial score (nSPS) is 12.1. The van der Waals surface area contributed by atoms with E-state index in [1.165, 1.54) is 10.9 Å². The van der Waals surface area contributed by atoms with Gasteiger partial charge in [0.25, 0.3) is 5.56 Å². The molecule has 3 aromatic rings. The van der Waals surface area contributed by atoms with Gasteiger partial charge >= 0.3 is 0 Å². The minimum Gasteiger partial charge on any atom is -0.337 e. The summed E-state index contributed by atoms with van der Waals surface area (Å²) in [6, 6.07) is 5.67. The molecule has 0 spiro atoms. The molecule has 0 bridgehead atoms. The first-order valence-corrected chi connectivity index (χ1v) is 7.99. The number of halogens is 2. The van der Waals surface area contributed by atoms with E-state index in [0.717, 1.165) is 4.47 Å². The minimum atomic E-state index is -0.139. The summed E-state index contributed by atoms with van der Waals surface area (Å²) in [5.41, 5.74) is 0.517. The highest BCUT2D eigenvalue weighted by Crippen LogP contribution is 2.15. The van der Waals surface area contributed by atoms with Crippen LogP contribution in [0.3, 0.4) is 0 Å². The predicted octanol–water partition coefficient (Wildman–Crippen LogP) is 2.16. The van der Waals surface area contributed by atoms with E-state index in [2.05, 4.69) is 36.4 Å². The summed E-state index contributed by atoms with van der Waals surface area (Å²) in [6.45, 7) is 2.24. The summed E-state index contributed by atoms with van der Waals surface area (Å²) in [5, 5.41) is 7.60. The largest absolute Gasteiger partial charge is 0.337 e. The van der Waals surface area contributed by atoms with Gasteiger partial charge in [-0.2, -0.15) is 4.98 Å². The van der Waals surface area contributed by atoms with Crippen LogP contribution in [-0.2, 0) is 13.0 Å². The Balaban J connectivity index is 0.00000208. The zero-order valence-corrected chi connectivity index (χ0v) is 15.6. The Morgan fingerprint density at radius 1 is 1.42 bits per heavy atom. The number of aromatic nitrogens is 4. The van der Waals surface area contributed by atoms with Crippen LogP contribution >= 0.6 is 28.3 Å². The number of hydrogen-bond acceptors (Lipinski definition) is 6. The van der Waals surface area contributed by atoms with Crippen molar-refractivity contribution in [2.75, 3.05) is 7.05 Å². The summed E-state index contributed by atoms with van der Waals surface area (Å²) in [6.07, 6.45) is 2.16. The second kappa shape index (κ2) is 7.87. The number of benzene rings is 1. The Labute approximate surface area is 153 Å². The molecule has 128 valence electrons. The van der Waals surface area contributed by atoms with Gasteiger partial charge in [0.2, 0.25) is 5.89 Å². The number of likely N-dealkylation sites (N-methyl/N-ethyl adjacent to an activating group) is 1. The van der Waals surface area contributed by atoms with Gasteiger partial charge in [0.05, 0.1) is 17.2 Å². The Hall–Kier alpha value is -1.77. The predicted molar refractivity (Wildman–Crippen MR) is 96.6 cm³/mol. The average Bonchev–Trinajstić information content (AvgIpc) is 2.97. The molecule has 0 saturated heterocycles. The van der Waals surface area contributed by atoms with Crippen molar-refractivity contribution in [1.29, 1.82) is 0 Å². The van der Waals surface area contributed by atoms with Crippen molar-refractivity contribution in [3.8, 4) is 0 Å². The first-order valence-electron chi connectivity index (χ1n) is 7.20. The van der Waals surface area contributed by atoms with Crippen LogP contribution in [0, 0.1) is 0 Å². The van der Waals surface area contributed by atoms with Crippen LogP contribution in [0.15, 0.2) is 38.3 Å². The topological polar surface area (TPSA) is 85.8 Å². The Bertz CT molecular complexity index is 895. The molecule has 2 heterocycles. The van der Waals surface area contributed by atoms with E-state index in [1.807, 2.05) is 20.0 Å². The van der Waals surface area contributed by atoms with Gasteiger partial charge in [0.1, 0.15) is 6.54 Å². The first kappa shape index (κ1) is 18.6. The molecule has 24 heavy (non-hydrogen) atoms. The first-order chi connectivity index (χ1) is 11.1. The molecule has 2 aromatic heterocycles. The lowest BCUT2D eigenvalue weighted by Crippen LogP contribution is -2.24. The molecule has 0 fully saturated rings. The van der Waals surface area contributed by atoms with E-state index in [1.54, 1.807) is 12.1 Å². The third-order valence-electron chi connectivity index (χ3n) is 3.58. The van der Waals surface area contributed by atoms with Gasteiger partial charge in [-0.1, -0.05) is 21.1 Å². The van der Waals surface area contributed by atoms with Gasteiger partial charge in [0.15, 0.2) is 5.82 Å². The number of hydrogen-bond donors (Lipinski definition) is 1. The van der Waals surface area contributed by atoms with Crippen molar-refractivity contribution in [3.63, 3.8) is 0 Å². The maximum absolute atomic E-state index is 12.5. The lowest BCUT2D eigenvalue weighted by molar-refractivity contribution is 0.363. The van der Waals surface area contributed by atoms with Gasteiger partial charge in [-0.25, -0.2) is 4.98 Å². The summed E-state index contributed by atoms with van der Waals surface area (Å²) >= 11 is 3.37. The fraction of sp³-hybridized carbons (Fsp3) is 0.333. The fourth-order valence-corrected chi connectivity index (χ4v) is 2.56. The van der Waals surface area contributed by atoms with Crippen molar-refractivity contribution >= 4 is 39.2 Å². The van der Waals surface area contributed by atoms with Crippen molar-refractivity contribution < 1.29 is 4.52 Å². The Morgan fingerprint density at radius 2 is 2.21 bits per heavy atom. The fourth-order valence-electron chi connectivity index (χ4n) is 2.20. The Kier molecular flexibility index (Phi) is 6.09. The lowest BCUT2D eigenvalue weighted by atomic mass is 10.2. The summed E-state index contributed by atoms with van der Waals surface area (Å²) in [5.74, 6) is 1.01. The van der Waals surface area contributed by atoms with E-state index in [4.69, 9.17) is 4.52 Å². The van der Waals surface area contributed by atoms with Gasteiger partial charge < -0.3 is 9.84 Å². The molecule has 0 aliphatic rings. The highest BCUT2D eigenvalue weighted by atomic mass is 79.9. The van der Waals surface area contributed by atoms with E-state index in [-0.39, 0.29) is 30.6 Å². The summed E-state index contributed by atoms with van der Waals surface area (Å²) in [4.78, 5) is 21.1. The molecule has 1 N–H and O–H groups in total. The quantitative estimate of drug-likeness (QED) is 0.688. The third kappa shape index (κ3) is 4.00. The number of nitrogens with one attached hydrogen (secondary N) is 1. The van der Waals surface area contributed by atoms with Gasteiger partial charge in [-0.15, -0.1) is 12.4 Å². The van der Waals surface area contributed by atoms with E-state index in [9.17, 15) is 4.79 Å². The zero-order valence-electron chi connectivity index (χ0n) is 13.2. The maximum atomic E-state index is 12.5. The van der Waals surface area contributed by atoms with Crippen LogP contribution in [0.1, 0.15) is 18.6 Å². The van der Waals surface area contributed by atoms with Crippen LogP contribution in [-0.4, -0.2) is 32.8 Å². The van der Waals surface area contributed by atoms with E-state index < -0.39 is 0 Å². The zero-order chi connectivity index (χ0) is 16.4. The number of rotatable bonds is 5. The highest BCUT2D eigenvalue weighted by Gasteiger charge is 2.12. The van der Waals surface area contributed by atoms with Crippen LogP contribution < -0.4 is 10.9 Å². The molecule has 9 heteroatoms. The SMILES string of the molecule is CNC(C)Cc1noc(Cn2cnc3ccc(Br)cc3c2=O)n1.Cl. The molecule has 0 radical (unpaired) electrons. The second-order valence-electron chi connectivity index (χ2n) is 5.34. The summed E-state index contributed by atoms with van der Waals surface area (Å²) < 4.78 is 7.52. The standard InChI is InChI=1S/C15H16BrN5O2.ClH/c1-9(17-2)5-13-19-14(23-20-13)7-21-8-18-12-4-3-10(16)6-11(12)15(21)22;/h3-4,6,8-9,17H,5,7H2,1-2H3;1H. The smallest absolute Gasteiger partial charge is 0.261 e. The molecule has 1 unspecified atom stereocenters. The van der Waals surface area contributed by atoms with E-state index >= 15 is 0 Å². The number of nitrogens with zero attached hydrogens (tertiary/aromatic N) is 4. The summed E-state index contributed by atoms with van der Waals surface area (Å²) in [7, 11) is 1.88.